The highest BCUT2D eigenvalue weighted by molar-refractivity contribution is 14.0. The van der Waals surface area contributed by atoms with E-state index in [1.807, 2.05) is 0 Å². The summed E-state index contributed by atoms with van der Waals surface area (Å²) in [4.78, 5) is 4.08. The number of benzene rings is 2. The van der Waals surface area contributed by atoms with Gasteiger partial charge < -0.3 is 15.8 Å². The number of ether oxygens (including phenoxy) is 1. The van der Waals surface area contributed by atoms with Crippen molar-refractivity contribution >= 4 is 47.2 Å². The van der Waals surface area contributed by atoms with Gasteiger partial charge in [-0.25, -0.2) is 8.78 Å². The Morgan fingerprint density at radius 2 is 2.00 bits per heavy atom. The molecule has 0 fully saturated rings. The molecule has 3 N–H and O–H groups in total. The van der Waals surface area contributed by atoms with E-state index < -0.39 is 11.6 Å². The van der Waals surface area contributed by atoms with E-state index in [0.29, 0.717) is 16.5 Å². The van der Waals surface area contributed by atoms with Crippen LogP contribution in [0.25, 0.3) is 0 Å². The van der Waals surface area contributed by atoms with Gasteiger partial charge in [0.05, 0.1) is 12.1 Å². The van der Waals surface area contributed by atoms with Crippen LogP contribution in [0.2, 0.25) is 5.02 Å². The van der Waals surface area contributed by atoms with Crippen LogP contribution in [0.15, 0.2) is 41.4 Å². The molecule has 2 rings (SSSR count). The molecule has 130 valence electrons. The summed E-state index contributed by atoms with van der Waals surface area (Å²) in [6, 6.07) is 8.40. The largest absolute Gasteiger partial charge is 0.495 e. The Morgan fingerprint density at radius 3 is 2.67 bits per heavy atom. The van der Waals surface area contributed by atoms with Crippen LogP contribution in [-0.4, -0.2) is 19.6 Å². The number of halogens is 4. The van der Waals surface area contributed by atoms with E-state index in [0.717, 1.165) is 18.2 Å². The van der Waals surface area contributed by atoms with Gasteiger partial charge in [-0.05, 0) is 48.4 Å². The Hall–Kier alpha value is -1.61. The number of aliphatic imine (C=N–C) groups is 1. The minimum Gasteiger partial charge on any atom is -0.495 e. The lowest BCUT2D eigenvalue weighted by atomic mass is 10.1. The molecule has 0 unspecified atom stereocenters. The standard InChI is InChI=1S/C16H16ClF2N3O.HI/c1-23-15-5-3-12(9-13(15)17)22-16(20)21-7-6-10-8-11(18)2-4-14(10)19;/h2-5,8-9H,6-7H2,1H3,(H3,20,21,22);1H. The molecule has 2 aromatic carbocycles. The lowest BCUT2D eigenvalue weighted by Gasteiger charge is -2.08. The molecule has 2 aromatic rings. The van der Waals surface area contributed by atoms with Crippen molar-refractivity contribution in [3.05, 3.63) is 58.6 Å². The molecule has 0 aliphatic heterocycles. The van der Waals surface area contributed by atoms with Crippen molar-refractivity contribution in [2.75, 3.05) is 19.0 Å². The third kappa shape index (κ3) is 5.79. The average molecular weight is 468 g/mol. The second kappa shape index (κ2) is 9.63. The SMILES string of the molecule is COc1ccc(NC(N)=NCCc2cc(F)ccc2F)cc1Cl.I. The summed E-state index contributed by atoms with van der Waals surface area (Å²) >= 11 is 6.01. The number of methoxy groups -OCH3 is 1. The van der Waals surface area contributed by atoms with E-state index >= 15 is 0 Å². The second-order valence-corrected chi connectivity index (χ2v) is 5.13. The van der Waals surface area contributed by atoms with E-state index in [9.17, 15) is 8.78 Å². The smallest absolute Gasteiger partial charge is 0.193 e. The van der Waals surface area contributed by atoms with Crippen LogP contribution in [0.5, 0.6) is 5.75 Å². The van der Waals surface area contributed by atoms with Crippen LogP contribution in [0.4, 0.5) is 14.5 Å². The van der Waals surface area contributed by atoms with Gasteiger partial charge in [0.2, 0.25) is 0 Å². The Balaban J connectivity index is 0.00000288. The zero-order valence-corrected chi connectivity index (χ0v) is 15.9. The Bertz CT molecular complexity index is 728. The number of hydrogen-bond donors (Lipinski definition) is 2. The molecule has 0 aliphatic carbocycles. The third-order valence-electron chi connectivity index (χ3n) is 3.10. The van der Waals surface area contributed by atoms with Crippen molar-refractivity contribution < 1.29 is 13.5 Å². The van der Waals surface area contributed by atoms with Gasteiger partial charge in [0.25, 0.3) is 0 Å². The zero-order valence-electron chi connectivity index (χ0n) is 12.9. The molecule has 4 nitrogen and oxygen atoms in total. The first kappa shape index (κ1) is 20.4. The number of nitrogens with zero attached hydrogens (tertiary/aromatic N) is 1. The first-order chi connectivity index (χ1) is 11.0. The van der Waals surface area contributed by atoms with Crippen LogP contribution in [-0.2, 0) is 6.42 Å². The van der Waals surface area contributed by atoms with Crippen LogP contribution in [0.1, 0.15) is 5.56 Å². The molecular formula is C16H17ClF2IN3O. The number of hydrogen-bond acceptors (Lipinski definition) is 2. The molecule has 8 heteroatoms. The first-order valence-corrected chi connectivity index (χ1v) is 7.22. The van der Waals surface area contributed by atoms with Crippen LogP contribution < -0.4 is 15.8 Å². The monoisotopic (exact) mass is 467 g/mol. The average Bonchev–Trinajstić information content (AvgIpc) is 2.51. The summed E-state index contributed by atoms with van der Waals surface area (Å²) in [5.41, 5.74) is 6.66. The maximum Gasteiger partial charge on any atom is 0.193 e. The zero-order chi connectivity index (χ0) is 16.8. The highest BCUT2D eigenvalue weighted by atomic mass is 127. The van der Waals surface area contributed by atoms with Gasteiger partial charge in [-0.15, -0.1) is 24.0 Å². The lowest BCUT2D eigenvalue weighted by molar-refractivity contribution is 0.415. The van der Waals surface area contributed by atoms with Gasteiger partial charge in [-0.2, -0.15) is 0 Å². The van der Waals surface area contributed by atoms with Gasteiger partial charge >= 0.3 is 0 Å². The first-order valence-electron chi connectivity index (χ1n) is 6.84. The van der Waals surface area contributed by atoms with Crippen molar-refractivity contribution in [1.29, 1.82) is 0 Å². The fraction of sp³-hybridized carbons (Fsp3) is 0.188. The molecule has 0 atom stereocenters. The molecule has 0 saturated heterocycles. The maximum absolute atomic E-state index is 13.5. The highest BCUT2D eigenvalue weighted by Crippen LogP contribution is 2.27. The number of nitrogens with one attached hydrogen (secondary N) is 1. The molecule has 0 spiro atoms. The number of nitrogens with two attached hydrogens (primary N) is 1. The normalized spacial score (nSPS) is 10.9. The Morgan fingerprint density at radius 1 is 1.25 bits per heavy atom. The van der Waals surface area contributed by atoms with Crippen molar-refractivity contribution in [2.45, 2.75) is 6.42 Å². The van der Waals surface area contributed by atoms with Crippen molar-refractivity contribution in [3.8, 4) is 5.75 Å². The predicted molar refractivity (Wildman–Crippen MR) is 104 cm³/mol. The van der Waals surface area contributed by atoms with E-state index in [4.69, 9.17) is 22.1 Å². The molecule has 24 heavy (non-hydrogen) atoms. The minimum atomic E-state index is -0.482. The Kier molecular flexibility index (Phi) is 8.20. The fourth-order valence-electron chi connectivity index (χ4n) is 1.96. The van der Waals surface area contributed by atoms with Crippen LogP contribution in [0, 0.1) is 11.6 Å². The number of rotatable bonds is 5. The molecular weight excluding hydrogens is 451 g/mol. The molecule has 0 radical (unpaired) electrons. The van der Waals surface area contributed by atoms with Gasteiger partial charge in [0.15, 0.2) is 5.96 Å². The van der Waals surface area contributed by atoms with E-state index in [-0.39, 0.29) is 48.5 Å². The van der Waals surface area contributed by atoms with Crippen molar-refractivity contribution in [3.63, 3.8) is 0 Å². The number of guanidine groups is 1. The summed E-state index contributed by atoms with van der Waals surface area (Å²) in [6.07, 6.45) is 0.245. The fourth-order valence-corrected chi connectivity index (χ4v) is 2.22. The summed E-state index contributed by atoms with van der Waals surface area (Å²) in [7, 11) is 1.52. The Labute approximate surface area is 161 Å². The topological polar surface area (TPSA) is 59.6 Å². The van der Waals surface area contributed by atoms with Gasteiger partial charge in [-0.1, -0.05) is 11.6 Å². The molecule has 0 heterocycles. The summed E-state index contributed by atoms with van der Waals surface area (Å²) in [5.74, 6) is -0.239. The summed E-state index contributed by atoms with van der Waals surface area (Å²) in [6.45, 7) is 0.225. The summed E-state index contributed by atoms with van der Waals surface area (Å²) in [5, 5.41) is 3.30. The molecule has 0 aromatic heterocycles. The van der Waals surface area contributed by atoms with Gasteiger partial charge in [0, 0.05) is 12.2 Å². The van der Waals surface area contributed by atoms with Crippen molar-refractivity contribution in [2.24, 2.45) is 10.7 Å². The maximum atomic E-state index is 13.5. The van der Waals surface area contributed by atoms with Gasteiger partial charge in [-0.3, -0.25) is 4.99 Å². The lowest BCUT2D eigenvalue weighted by Crippen LogP contribution is -2.23. The highest BCUT2D eigenvalue weighted by Gasteiger charge is 2.04. The molecule has 0 aliphatic rings. The van der Waals surface area contributed by atoms with E-state index in [1.165, 1.54) is 7.11 Å². The predicted octanol–water partition coefficient (Wildman–Crippen LogP) is 4.21. The van der Waals surface area contributed by atoms with E-state index in [2.05, 4.69) is 10.3 Å². The van der Waals surface area contributed by atoms with Crippen LogP contribution >= 0.6 is 35.6 Å². The van der Waals surface area contributed by atoms with Crippen molar-refractivity contribution in [1.82, 2.24) is 0 Å². The molecule has 0 saturated carbocycles. The number of anilines is 1. The van der Waals surface area contributed by atoms with Crippen LogP contribution in [0.3, 0.4) is 0 Å². The third-order valence-corrected chi connectivity index (χ3v) is 3.39. The minimum absolute atomic E-state index is 0. The quantitative estimate of drug-likeness (QED) is 0.393. The molecule has 0 bridgehead atoms. The van der Waals surface area contributed by atoms with Gasteiger partial charge in [0.1, 0.15) is 17.4 Å². The summed E-state index contributed by atoms with van der Waals surface area (Å²) < 4.78 is 31.6. The second-order valence-electron chi connectivity index (χ2n) is 4.73. The molecule has 0 amide bonds. The van der Waals surface area contributed by atoms with E-state index in [1.54, 1.807) is 18.2 Å².